The van der Waals surface area contributed by atoms with Crippen molar-refractivity contribution in [2.45, 2.75) is 69.9 Å². The number of fused-ring (bicyclic) bond motifs is 1. The van der Waals surface area contributed by atoms with Crippen molar-refractivity contribution in [3.63, 3.8) is 0 Å². The van der Waals surface area contributed by atoms with E-state index in [1.807, 2.05) is 6.92 Å². The maximum Gasteiger partial charge on any atom is 0.407 e. The first-order valence-corrected chi connectivity index (χ1v) is 15.9. The van der Waals surface area contributed by atoms with E-state index in [-0.39, 0.29) is 34.1 Å². The molecule has 1 saturated carbocycles. The van der Waals surface area contributed by atoms with Crippen LogP contribution in [0.5, 0.6) is 0 Å². The van der Waals surface area contributed by atoms with Crippen LogP contribution in [0.15, 0.2) is 53.8 Å². The van der Waals surface area contributed by atoms with Crippen LogP contribution in [0.3, 0.4) is 0 Å². The number of hydrogen-bond acceptors (Lipinski definition) is 8. The lowest BCUT2D eigenvalue weighted by Gasteiger charge is -2.33. The third kappa shape index (κ3) is 6.91. The fourth-order valence-electron chi connectivity index (χ4n) is 5.19. The minimum Gasteiger partial charge on any atom is -0.444 e. The first-order chi connectivity index (χ1) is 20.3. The number of hydrogen-bond donors (Lipinski definition) is 2. The molecule has 0 aliphatic heterocycles. The number of halogens is 2. The highest BCUT2D eigenvalue weighted by atomic mass is 35.5. The Morgan fingerprint density at radius 2 is 1.86 bits per heavy atom. The summed E-state index contributed by atoms with van der Waals surface area (Å²) in [7, 11) is -4.03. The summed E-state index contributed by atoms with van der Waals surface area (Å²) in [5, 5.41) is 6.74. The molecule has 5 rings (SSSR count). The van der Waals surface area contributed by atoms with Gasteiger partial charge in [0, 0.05) is 35.9 Å². The number of nitrogens with one attached hydrogen (secondary N) is 2. The van der Waals surface area contributed by atoms with Gasteiger partial charge in [-0.15, -0.1) is 0 Å². The molecule has 1 aliphatic rings. The number of aromatic nitrogens is 4. The van der Waals surface area contributed by atoms with Gasteiger partial charge in [-0.1, -0.05) is 42.1 Å². The highest BCUT2D eigenvalue weighted by Gasteiger charge is 2.29. The molecule has 1 aromatic carbocycles. The summed E-state index contributed by atoms with van der Waals surface area (Å²) >= 11 is 6.24. The Kier molecular flexibility index (Phi) is 8.62. The zero-order valence-corrected chi connectivity index (χ0v) is 26.0. The highest BCUT2D eigenvalue weighted by Crippen LogP contribution is 2.33. The molecule has 0 radical (unpaired) electrons. The number of amides is 1. The third-order valence-corrected chi connectivity index (χ3v) is 9.16. The summed E-state index contributed by atoms with van der Waals surface area (Å²) < 4.78 is 48.7. The lowest BCUT2D eigenvalue weighted by molar-refractivity contribution is 0.0472. The fraction of sp³-hybridized carbons (Fsp3) is 0.400. The smallest absolute Gasteiger partial charge is 0.407 e. The predicted molar refractivity (Wildman–Crippen MR) is 163 cm³/mol. The van der Waals surface area contributed by atoms with Crippen molar-refractivity contribution in [3.8, 4) is 11.4 Å². The predicted octanol–water partition coefficient (Wildman–Crippen LogP) is 6.33. The number of alkyl carbamates (subject to hydrolysis) is 1. The van der Waals surface area contributed by atoms with Crippen LogP contribution < -0.4 is 10.6 Å². The van der Waals surface area contributed by atoms with Gasteiger partial charge in [0.05, 0.1) is 16.1 Å². The van der Waals surface area contributed by atoms with Gasteiger partial charge in [0.2, 0.25) is 0 Å². The number of carbonyl (C=O) groups is 1. The number of rotatable bonds is 7. The Morgan fingerprint density at radius 1 is 1.14 bits per heavy atom. The van der Waals surface area contributed by atoms with E-state index in [1.54, 1.807) is 39.0 Å². The molecule has 1 fully saturated rings. The summed E-state index contributed by atoms with van der Waals surface area (Å²) in [4.78, 5) is 25.4. The van der Waals surface area contributed by atoms with E-state index in [9.17, 15) is 17.6 Å². The first-order valence-electron chi connectivity index (χ1n) is 14.1. The Balaban J connectivity index is 1.44. The first kappa shape index (κ1) is 30.7. The standard InChI is InChI=1S/C30H34ClFN6O4S/c1-18-9-11-21(12-10-18)43(40,41)38-17-23(22-13-20(31)15-35-28(22)38)26-34-16-24(32)27(37-26)33-14-19-7-5-6-8-25(19)36-29(39)42-30(2,3)4/h9-13,15-17,19,25H,5-8,14H2,1-4H3,(H,36,39)(H,33,34,37)/t19-,25+/m0/s1. The van der Waals surface area contributed by atoms with Gasteiger partial charge in [-0.2, -0.15) is 0 Å². The van der Waals surface area contributed by atoms with E-state index in [2.05, 4.69) is 25.6 Å². The maximum absolute atomic E-state index is 14.9. The van der Waals surface area contributed by atoms with Crippen LogP contribution in [0.25, 0.3) is 22.4 Å². The van der Waals surface area contributed by atoms with E-state index in [1.165, 1.54) is 24.5 Å². The molecule has 43 heavy (non-hydrogen) atoms. The maximum atomic E-state index is 14.9. The van der Waals surface area contributed by atoms with Crippen LogP contribution in [-0.4, -0.2) is 51.6 Å². The fourth-order valence-corrected chi connectivity index (χ4v) is 6.67. The number of benzene rings is 1. The Morgan fingerprint density at radius 3 is 2.58 bits per heavy atom. The molecule has 4 aromatic rings. The molecule has 2 atom stereocenters. The topological polar surface area (TPSA) is 128 Å². The van der Waals surface area contributed by atoms with Crippen molar-refractivity contribution in [3.05, 3.63) is 65.3 Å². The van der Waals surface area contributed by atoms with E-state index < -0.39 is 27.5 Å². The lowest BCUT2D eigenvalue weighted by atomic mass is 9.84. The molecule has 3 heterocycles. The molecule has 10 nitrogen and oxygen atoms in total. The monoisotopic (exact) mass is 628 g/mol. The van der Waals surface area contributed by atoms with Gasteiger partial charge < -0.3 is 15.4 Å². The largest absolute Gasteiger partial charge is 0.444 e. The van der Waals surface area contributed by atoms with Gasteiger partial charge in [-0.05, 0) is 64.7 Å². The number of carbonyl (C=O) groups excluding carboxylic acids is 1. The average molecular weight is 629 g/mol. The minimum absolute atomic E-state index is 0.0173. The molecule has 0 spiro atoms. The summed E-state index contributed by atoms with van der Waals surface area (Å²) in [6.45, 7) is 7.64. The second kappa shape index (κ2) is 12.1. The number of anilines is 1. The second-order valence-corrected chi connectivity index (χ2v) is 14.0. The van der Waals surface area contributed by atoms with Crippen LogP contribution in [0.2, 0.25) is 5.02 Å². The van der Waals surface area contributed by atoms with Crippen LogP contribution in [0.4, 0.5) is 15.0 Å². The van der Waals surface area contributed by atoms with Crippen LogP contribution in [-0.2, 0) is 14.8 Å². The van der Waals surface area contributed by atoms with E-state index in [0.717, 1.165) is 41.4 Å². The number of pyridine rings is 1. The molecule has 13 heteroatoms. The quantitative estimate of drug-likeness (QED) is 0.243. The Hall–Kier alpha value is -3.77. The minimum atomic E-state index is -4.03. The molecular formula is C30H34ClFN6O4S. The summed E-state index contributed by atoms with van der Waals surface area (Å²) in [5.41, 5.74) is 0.767. The molecule has 1 amide bonds. The second-order valence-electron chi connectivity index (χ2n) is 11.7. The summed E-state index contributed by atoms with van der Waals surface area (Å²) in [6.07, 6.45) is 6.87. The van der Waals surface area contributed by atoms with Crippen LogP contribution in [0, 0.1) is 18.7 Å². The van der Waals surface area contributed by atoms with Crippen molar-refractivity contribution in [1.29, 1.82) is 0 Å². The molecule has 0 saturated heterocycles. The average Bonchev–Trinajstić information content (AvgIpc) is 3.32. The number of nitrogens with zero attached hydrogens (tertiary/aromatic N) is 4. The van der Waals surface area contributed by atoms with Gasteiger partial charge in [-0.25, -0.2) is 36.5 Å². The molecule has 1 aliphatic carbocycles. The van der Waals surface area contributed by atoms with Gasteiger partial charge in [0.15, 0.2) is 23.1 Å². The van der Waals surface area contributed by atoms with Gasteiger partial charge >= 0.3 is 6.09 Å². The van der Waals surface area contributed by atoms with Crippen molar-refractivity contribution >= 4 is 44.6 Å². The van der Waals surface area contributed by atoms with Crippen molar-refractivity contribution in [2.75, 3.05) is 11.9 Å². The van der Waals surface area contributed by atoms with Crippen LogP contribution in [0.1, 0.15) is 52.0 Å². The van der Waals surface area contributed by atoms with E-state index in [4.69, 9.17) is 16.3 Å². The lowest BCUT2D eigenvalue weighted by Crippen LogP contribution is -2.46. The van der Waals surface area contributed by atoms with Crippen molar-refractivity contribution in [2.24, 2.45) is 5.92 Å². The van der Waals surface area contributed by atoms with Crippen molar-refractivity contribution in [1.82, 2.24) is 24.2 Å². The van der Waals surface area contributed by atoms with E-state index >= 15 is 0 Å². The molecule has 0 unspecified atom stereocenters. The van der Waals surface area contributed by atoms with Gasteiger partial charge in [-0.3, -0.25) is 0 Å². The van der Waals surface area contributed by atoms with Crippen LogP contribution >= 0.6 is 11.6 Å². The van der Waals surface area contributed by atoms with Gasteiger partial charge in [0.25, 0.3) is 10.0 Å². The number of ether oxygens (including phenoxy) is 1. The summed E-state index contributed by atoms with van der Waals surface area (Å²) in [6, 6.07) is 7.92. The van der Waals surface area contributed by atoms with Gasteiger partial charge in [0.1, 0.15) is 5.60 Å². The molecular weight excluding hydrogens is 595 g/mol. The van der Waals surface area contributed by atoms with Crippen molar-refractivity contribution < 1.29 is 22.3 Å². The molecule has 2 N–H and O–H groups in total. The molecule has 0 bridgehead atoms. The molecule has 228 valence electrons. The SMILES string of the molecule is Cc1ccc(S(=O)(=O)n2cc(-c3ncc(F)c(NC[C@@H]4CCCC[C@H]4NC(=O)OC(C)(C)C)n3)c3cc(Cl)cnc32)cc1. The molecule has 3 aromatic heterocycles. The Bertz CT molecular complexity index is 1760. The normalized spacial score (nSPS) is 17.5. The van der Waals surface area contributed by atoms with E-state index in [0.29, 0.717) is 22.5 Å². The third-order valence-electron chi connectivity index (χ3n) is 7.28. The Labute approximate surface area is 255 Å². The highest BCUT2D eigenvalue weighted by molar-refractivity contribution is 7.90. The zero-order valence-electron chi connectivity index (χ0n) is 24.4. The number of aryl methyl sites for hydroxylation is 1. The summed E-state index contributed by atoms with van der Waals surface area (Å²) in [5.74, 6) is -0.584. The zero-order chi connectivity index (χ0) is 30.9.